The Hall–Kier alpha value is -1.17. The van der Waals surface area contributed by atoms with Crippen molar-refractivity contribution in [2.75, 3.05) is 6.61 Å². The summed E-state index contributed by atoms with van der Waals surface area (Å²) in [6, 6.07) is 6.54. The lowest BCUT2D eigenvalue weighted by atomic mass is 9.79. The molecule has 0 saturated heterocycles. The third-order valence-electron chi connectivity index (χ3n) is 4.21. The molecule has 0 aliphatic carbocycles. The van der Waals surface area contributed by atoms with Gasteiger partial charge in [0, 0.05) is 0 Å². The third kappa shape index (κ3) is 5.44. The quantitative estimate of drug-likeness (QED) is 0.554. The SMILES string of the molecule is C=C[C@@H](COS(=O)(=O)c1ccc(C)cc1)OC(C)(C)C(C)(C)C. The van der Waals surface area contributed by atoms with Crippen molar-refractivity contribution in [2.24, 2.45) is 5.41 Å². The summed E-state index contributed by atoms with van der Waals surface area (Å²) in [7, 11) is -3.80. The summed E-state index contributed by atoms with van der Waals surface area (Å²) in [5, 5.41) is 0. The minimum absolute atomic E-state index is 0.0980. The fraction of sp³-hybridized carbons (Fsp3) is 0.556. The van der Waals surface area contributed by atoms with Crippen molar-refractivity contribution in [3.8, 4) is 0 Å². The van der Waals surface area contributed by atoms with Gasteiger partial charge in [0.1, 0.15) is 6.10 Å². The van der Waals surface area contributed by atoms with E-state index >= 15 is 0 Å². The molecular weight excluding hydrogens is 312 g/mol. The van der Waals surface area contributed by atoms with E-state index < -0.39 is 21.8 Å². The molecule has 0 amide bonds. The summed E-state index contributed by atoms with van der Waals surface area (Å²) in [4.78, 5) is 0.140. The average molecular weight is 340 g/mol. The Morgan fingerprint density at radius 3 is 2.09 bits per heavy atom. The molecule has 0 unspecified atom stereocenters. The zero-order chi connectivity index (χ0) is 17.9. The molecular formula is C18H28O4S. The summed E-state index contributed by atoms with van der Waals surface area (Å²) in [5.41, 5.74) is 0.426. The predicted octanol–water partition coefficient (Wildman–Crippen LogP) is 4.10. The van der Waals surface area contributed by atoms with Gasteiger partial charge in [-0.15, -0.1) is 6.58 Å². The van der Waals surface area contributed by atoms with Crippen LogP contribution in [0, 0.1) is 12.3 Å². The van der Waals surface area contributed by atoms with Crippen LogP contribution >= 0.6 is 0 Å². The highest BCUT2D eigenvalue weighted by Gasteiger charge is 2.35. The Morgan fingerprint density at radius 2 is 1.65 bits per heavy atom. The lowest BCUT2D eigenvalue weighted by Gasteiger charge is -2.40. The molecule has 5 heteroatoms. The molecule has 0 aromatic heterocycles. The first kappa shape index (κ1) is 19.9. The fourth-order valence-corrected chi connectivity index (χ4v) is 2.55. The lowest BCUT2D eigenvalue weighted by molar-refractivity contribution is -0.123. The van der Waals surface area contributed by atoms with Crippen molar-refractivity contribution >= 4 is 10.1 Å². The average Bonchev–Trinajstić information content (AvgIpc) is 2.42. The van der Waals surface area contributed by atoms with Crippen molar-refractivity contribution in [3.05, 3.63) is 42.5 Å². The van der Waals surface area contributed by atoms with E-state index in [-0.39, 0.29) is 16.9 Å². The van der Waals surface area contributed by atoms with E-state index in [2.05, 4.69) is 27.4 Å². The van der Waals surface area contributed by atoms with Gasteiger partial charge in [0.25, 0.3) is 10.1 Å². The highest BCUT2D eigenvalue weighted by molar-refractivity contribution is 7.86. The van der Waals surface area contributed by atoms with Gasteiger partial charge < -0.3 is 4.74 Å². The van der Waals surface area contributed by atoms with Gasteiger partial charge in [-0.05, 0) is 38.3 Å². The van der Waals surface area contributed by atoms with E-state index in [0.29, 0.717) is 0 Å². The molecule has 1 rings (SSSR count). The van der Waals surface area contributed by atoms with Crippen LogP contribution in [0.15, 0.2) is 41.8 Å². The standard InChI is InChI=1S/C18H28O4S/c1-8-15(22-18(6,7)17(3,4)5)13-21-23(19,20)16-11-9-14(2)10-12-16/h8-12,15H,1,13H2,2-7H3/t15-/m0/s1. The Labute approximate surface area is 140 Å². The summed E-state index contributed by atoms with van der Waals surface area (Å²) in [5.74, 6) is 0. The highest BCUT2D eigenvalue weighted by Crippen LogP contribution is 2.34. The highest BCUT2D eigenvalue weighted by atomic mass is 32.2. The van der Waals surface area contributed by atoms with Crippen LogP contribution < -0.4 is 0 Å². The Bertz CT molecular complexity index is 622. The molecule has 1 aromatic carbocycles. The van der Waals surface area contributed by atoms with Gasteiger partial charge >= 0.3 is 0 Å². The van der Waals surface area contributed by atoms with Crippen molar-refractivity contribution in [1.82, 2.24) is 0 Å². The molecule has 0 aliphatic heterocycles. The van der Waals surface area contributed by atoms with Gasteiger partial charge in [-0.1, -0.05) is 44.5 Å². The first-order valence-electron chi connectivity index (χ1n) is 7.65. The number of ether oxygens (including phenoxy) is 1. The largest absolute Gasteiger partial charge is 0.365 e. The second kappa shape index (κ2) is 7.16. The van der Waals surface area contributed by atoms with E-state index in [4.69, 9.17) is 8.92 Å². The minimum Gasteiger partial charge on any atom is -0.365 e. The fourth-order valence-electron chi connectivity index (χ4n) is 1.64. The third-order valence-corrected chi connectivity index (χ3v) is 5.51. The van der Waals surface area contributed by atoms with E-state index in [0.717, 1.165) is 5.56 Å². The smallest absolute Gasteiger partial charge is 0.297 e. The van der Waals surface area contributed by atoms with E-state index in [1.807, 2.05) is 20.8 Å². The van der Waals surface area contributed by atoms with Crippen LogP contribution in [-0.2, 0) is 19.0 Å². The van der Waals surface area contributed by atoms with Gasteiger partial charge in [-0.25, -0.2) is 0 Å². The van der Waals surface area contributed by atoms with Gasteiger partial charge in [0.05, 0.1) is 17.1 Å². The first-order valence-corrected chi connectivity index (χ1v) is 9.06. The normalized spacial score (nSPS) is 14.5. The molecule has 0 bridgehead atoms. The minimum atomic E-state index is -3.80. The van der Waals surface area contributed by atoms with Crippen LogP contribution in [0.2, 0.25) is 0 Å². The number of rotatable bonds is 7. The molecule has 1 aromatic rings. The van der Waals surface area contributed by atoms with Crippen LogP contribution in [0.1, 0.15) is 40.2 Å². The second-order valence-corrected chi connectivity index (χ2v) is 8.82. The molecule has 0 N–H and O–H groups in total. The van der Waals surface area contributed by atoms with Crippen molar-refractivity contribution in [3.63, 3.8) is 0 Å². The molecule has 0 heterocycles. The van der Waals surface area contributed by atoms with Crippen molar-refractivity contribution in [2.45, 2.75) is 58.1 Å². The maximum Gasteiger partial charge on any atom is 0.297 e. The maximum atomic E-state index is 12.2. The van der Waals surface area contributed by atoms with Crippen molar-refractivity contribution < 1.29 is 17.3 Å². The monoisotopic (exact) mass is 340 g/mol. The molecule has 130 valence electrons. The van der Waals surface area contributed by atoms with Gasteiger partial charge in [0.2, 0.25) is 0 Å². The van der Waals surface area contributed by atoms with Crippen LogP contribution in [-0.4, -0.2) is 26.7 Å². The second-order valence-electron chi connectivity index (χ2n) is 7.20. The summed E-state index contributed by atoms with van der Waals surface area (Å²) < 4.78 is 35.6. The number of hydrogen-bond donors (Lipinski definition) is 0. The van der Waals surface area contributed by atoms with Gasteiger partial charge in [0.15, 0.2) is 0 Å². The van der Waals surface area contributed by atoms with E-state index in [1.165, 1.54) is 12.1 Å². The van der Waals surface area contributed by atoms with Crippen LogP contribution in [0.5, 0.6) is 0 Å². The van der Waals surface area contributed by atoms with E-state index in [9.17, 15) is 8.42 Å². The molecule has 0 radical (unpaired) electrons. The van der Waals surface area contributed by atoms with Crippen LogP contribution in [0.4, 0.5) is 0 Å². The predicted molar refractivity (Wildman–Crippen MR) is 92.9 cm³/mol. The molecule has 0 saturated carbocycles. The number of aryl methyl sites for hydroxylation is 1. The molecule has 0 spiro atoms. The Morgan fingerprint density at radius 1 is 1.13 bits per heavy atom. The Kier molecular flexibility index (Phi) is 6.18. The van der Waals surface area contributed by atoms with Gasteiger partial charge in [-0.2, -0.15) is 8.42 Å². The van der Waals surface area contributed by atoms with E-state index in [1.54, 1.807) is 18.2 Å². The molecule has 0 aliphatic rings. The van der Waals surface area contributed by atoms with Crippen LogP contribution in [0.3, 0.4) is 0 Å². The topological polar surface area (TPSA) is 52.6 Å². The number of benzene rings is 1. The molecule has 4 nitrogen and oxygen atoms in total. The molecule has 0 fully saturated rings. The zero-order valence-electron chi connectivity index (χ0n) is 14.9. The number of hydrogen-bond acceptors (Lipinski definition) is 4. The van der Waals surface area contributed by atoms with Gasteiger partial charge in [-0.3, -0.25) is 4.18 Å². The Balaban J connectivity index is 2.78. The first-order chi connectivity index (χ1) is 10.4. The summed E-state index contributed by atoms with van der Waals surface area (Å²) >= 11 is 0. The lowest BCUT2D eigenvalue weighted by Crippen LogP contribution is -2.43. The van der Waals surface area contributed by atoms with Crippen LogP contribution in [0.25, 0.3) is 0 Å². The van der Waals surface area contributed by atoms with Crippen molar-refractivity contribution in [1.29, 1.82) is 0 Å². The summed E-state index contributed by atoms with van der Waals surface area (Å²) in [6.45, 7) is 15.7. The molecule has 23 heavy (non-hydrogen) atoms. The maximum absolute atomic E-state index is 12.2. The zero-order valence-corrected chi connectivity index (χ0v) is 15.7. The summed E-state index contributed by atoms with van der Waals surface area (Å²) in [6.07, 6.45) is 1.06. The molecule has 1 atom stereocenters.